The number of piperazine rings is 1. The number of nitrogens with zero attached hydrogens (tertiary/aromatic N) is 4. The van der Waals surface area contributed by atoms with Gasteiger partial charge in [0.05, 0.1) is 6.54 Å². The van der Waals surface area contributed by atoms with E-state index in [2.05, 4.69) is 24.7 Å². The van der Waals surface area contributed by atoms with Crippen LogP contribution in [0.15, 0.2) is 36.7 Å². The summed E-state index contributed by atoms with van der Waals surface area (Å²) in [4.78, 5) is 21.2. The molecule has 6 nitrogen and oxygen atoms in total. The van der Waals surface area contributed by atoms with E-state index in [1.807, 2.05) is 50.5 Å². The van der Waals surface area contributed by atoms with Gasteiger partial charge in [-0.3, -0.25) is 14.6 Å². The number of carbonyl (C=O) groups is 1. The highest BCUT2D eigenvalue weighted by Crippen LogP contribution is 2.13. The first-order valence-electron chi connectivity index (χ1n) is 8.90. The van der Waals surface area contributed by atoms with Gasteiger partial charge in [0.25, 0.3) is 0 Å². The highest BCUT2D eigenvalue weighted by Gasteiger charge is 2.19. The summed E-state index contributed by atoms with van der Waals surface area (Å²) in [6.07, 6.45) is 3.88. The van der Waals surface area contributed by atoms with Gasteiger partial charge in [0, 0.05) is 57.3 Å². The molecule has 0 radical (unpaired) electrons. The summed E-state index contributed by atoms with van der Waals surface area (Å²) in [5, 5.41) is 3.01. The number of amides is 1. The maximum absolute atomic E-state index is 12.3. The zero-order valence-electron chi connectivity index (χ0n) is 15.1. The Bertz CT molecular complexity index is 703. The minimum atomic E-state index is 0.0665. The number of imidazole rings is 1. The summed E-state index contributed by atoms with van der Waals surface area (Å²) < 4.78 is 2.18. The number of para-hydroxylation sites is 1. The Balaban J connectivity index is 1.39. The van der Waals surface area contributed by atoms with Crippen LogP contribution in [0.25, 0.3) is 0 Å². The fourth-order valence-corrected chi connectivity index (χ4v) is 3.17. The van der Waals surface area contributed by atoms with E-state index >= 15 is 0 Å². The first kappa shape index (κ1) is 17.6. The summed E-state index contributed by atoms with van der Waals surface area (Å²) in [7, 11) is 0. The number of carbonyl (C=O) groups excluding carboxylic acids is 1. The van der Waals surface area contributed by atoms with Gasteiger partial charge in [-0.25, -0.2) is 4.98 Å². The normalized spacial score (nSPS) is 16.1. The summed E-state index contributed by atoms with van der Waals surface area (Å²) in [5.74, 6) is 1.13. The molecule has 3 rings (SSSR count). The average Bonchev–Trinajstić information content (AvgIpc) is 3.01. The predicted octanol–water partition coefficient (Wildman–Crippen LogP) is 1.76. The number of benzene rings is 1. The number of aromatic nitrogens is 2. The van der Waals surface area contributed by atoms with Crippen molar-refractivity contribution in [3.05, 3.63) is 48.0 Å². The number of rotatable bonds is 6. The van der Waals surface area contributed by atoms with E-state index in [0.29, 0.717) is 6.54 Å². The molecule has 1 aromatic carbocycles. The largest absolute Gasteiger partial charge is 0.334 e. The van der Waals surface area contributed by atoms with Gasteiger partial charge in [-0.05, 0) is 25.5 Å². The Labute approximate surface area is 149 Å². The first-order chi connectivity index (χ1) is 12.1. The molecule has 1 amide bonds. The second kappa shape index (κ2) is 8.27. The summed E-state index contributed by atoms with van der Waals surface area (Å²) in [6.45, 7) is 10.4. The lowest BCUT2D eigenvalue weighted by Gasteiger charge is -2.34. The lowest BCUT2D eigenvalue weighted by Crippen LogP contribution is -2.49. The number of hydrogen-bond donors (Lipinski definition) is 1. The van der Waals surface area contributed by atoms with Crippen molar-refractivity contribution in [2.45, 2.75) is 20.4 Å². The van der Waals surface area contributed by atoms with Crippen molar-refractivity contribution >= 4 is 11.6 Å². The minimum absolute atomic E-state index is 0.0665. The van der Waals surface area contributed by atoms with Crippen molar-refractivity contribution in [3.63, 3.8) is 0 Å². The van der Waals surface area contributed by atoms with Gasteiger partial charge in [0.15, 0.2) is 0 Å². The van der Waals surface area contributed by atoms with Crippen LogP contribution in [0.2, 0.25) is 0 Å². The van der Waals surface area contributed by atoms with Crippen molar-refractivity contribution in [1.29, 1.82) is 0 Å². The van der Waals surface area contributed by atoms with Crippen molar-refractivity contribution in [3.8, 4) is 0 Å². The average molecular weight is 341 g/mol. The molecule has 25 heavy (non-hydrogen) atoms. The van der Waals surface area contributed by atoms with Gasteiger partial charge < -0.3 is 9.88 Å². The molecule has 0 bridgehead atoms. The maximum Gasteiger partial charge on any atom is 0.238 e. The molecule has 0 atom stereocenters. The molecule has 1 aliphatic heterocycles. The fourth-order valence-electron chi connectivity index (χ4n) is 3.17. The number of hydrogen-bond acceptors (Lipinski definition) is 4. The van der Waals surface area contributed by atoms with Crippen molar-refractivity contribution in [2.24, 2.45) is 0 Å². The van der Waals surface area contributed by atoms with Crippen LogP contribution in [0.3, 0.4) is 0 Å². The Kier molecular flexibility index (Phi) is 5.83. The summed E-state index contributed by atoms with van der Waals surface area (Å²) in [5.41, 5.74) is 2.00. The van der Waals surface area contributed by atoms with Gasteiger partial charge in [0.1, 0.15) is 5.82 Å². The van der Waals surface area contributed by atoms with Crippen LogP contribution in [0.4, 0.5) is 5.69 Å². The van der Waals surface area contributed by atoms with Crippen molar-refractivity contribution in [1.82, 2.24) is 19.4 Å². The molecule has 0 saturated carbocycles. The second-order valence-corrected chi connectivity index (χ2v) is 6.65. The SMILES string of the molecule is Cc1ccccc1NC(=O)CN1CCN(CCn2ccnc2C)CC1. The van der Waals surface area contributed by atoms with Crippen LogP contribution in [0.5, 0.6) is 0 Å². The fraction of sp³-hybridized carbons (Fsp3) is 0.474. The Morgan fingerprint density at radius 3 is 2.48 bits per heavy atom. The third kappa shape index (κ3) is 4.90. The second-order valence-electron chi connectivity index (χ2n) is 6.65. The molecule has 6 heteroatoms. The third-order valence-electron chi connectivity index (χ3n) is 4.83. The molecule has 1 aromatic heterocycles. The first-order valence-corrected chi connectivity index (χ1v) is 8.90. The van der Waals surface area contributed by atoms with Gasteiger partial charge in [-0.1, -0.05) is 18.2 Å². The smallest absolute Gasteiger partial charge is 0.238 e. The predicted molar refractivity (Wildman–Crippen MR) is 99.7 cm³/mol. The highest BCUT2D eigenvalue weighted by molar-refractivity contribution is 5.92. The van der Waals surface area contributed by atoms with Crippen LogP contribution >= 0.6 is 0 Å². The van der Waals surface area contributed by atoms with E-state index in [-0.39, 0.29) is 5.91 Å². The van der Waals surface area contributed by atoms with E-state index in [0.717, 1.165) is 56.3 Å². The minimum Gasteiger partial charge on any atom is -0.334 e. The van der Waals surface area contributed by atoms with Crippen LogP contribution in [-0.2, 0) is 11.3 Å². The molecular formula is C19H27N5O. The Morgan fingerprint density at radius 1 is 1.08 bits per heavy atom. The molecule has 1 aliphatic rings. The molecule has 1 fully saturated rings. The van der Waals surface area contributed by atoms with Crippen LogP contribution in [0, 0.1) is 13.8 Å². The van der Waals surface area contributed by atoms with Gasteiger partial charge in [-0.2, -0.15) is 0 Å². The zero-order valence-corrected chi connectivity index (χ0v) is 15.1. The molecule has 1 saturated heterocycles. The van der Waals surface area contributed by atoms with Crippen LogP contribution in [-0.4, -0.2) is 64.5 Å². The monoisotopic (exact) mass is 341 g/mol. The third-order valence-corrected chi connectivity index (χ3v) is 4.83. The zero-order chi connectivity index (χ0) is 17.6. The topological polar surface area (TPSA) is 53.4 Å². The molecule has 1 N–H and O–H groups in total. The van der Waals surface area contributed by atoms with Gasteiger partial charge in [0.2, 0.25) is 5.91 Å². The maximum atomic E-state index is 12.3. The lowest BCUT2D eigenvalue weighted by atomic mass is 10.2. The van der Waals surface area contributed by atoms with E-state index in [9.17, 15) is 4.79 Å². The van der Waals surface area contributed by atoms with E-state index in [1.54, 1.807) is 0 Å². The molecule has 134 valence electrons. The van der Waals surface area contributed by atoms with Gasteiger partial charge in [-0.15, -0.1) is 0 Å². The Hall–Kier alpha value is -2.18. The van der Waals surface area contributed by atoms with Crippen molar-refractivity contribution in [2.75, 3.05) is 44.6 Å². The molecule has 0 aliphatic carbocycles. The van der Waals surface area contributed by atoms with Crippen molar-refractivity contribution < 1.29 is 4.79 Å². The molecule has 0 spiro atoms. The number of nitrogens with one attached hydrogen (secondary N) is 1. The molecular weight excluding hydrogens is 314 g/mol. The van der Waals surface area contributed by atoms with Crippen LogP contribution < -0.4 is 5.32 Å². The molecule has 2 heterocycles. The van der Waals surface area contributed by atoms with Crippen LogP contribution in [0.1, 0.15) is 11.4 Å². The quantitative estimate of drug-likeness (QED) is 0.870. The highest BCUT2D eigenvalue weighted by atomic mass is 16.2. The number of aryl methyl sites for hydroxylation is 2. The van der Waals surface area contributed by atoms with E-state index in [4.69, 9.17) is 0 Å². The summed E-state index contributed by atoms with van der Waals surface area (Å²) >= 11 is 0. The van der Waals surface area contributed by atoms with Gasteiger partial charge >= 0.3 is 0 Å². The molecule has 2 aromatic rings. The Morgan fingerprint density at radius 2 is 1.80 bits per heavy atom. The van der Waals surface area contributed by atoms with E-state index < -0.39 is 0 Å². The lowest BCUT2D eigenvalue weighted by molar-refractivity contribution is -0.117. The van der Waals surface area contributed by atoms with E-state index in [1.165, 1.54) is 0 Å². The standard InChI is InChI=1S/C19H27N5O/c1-16-5-3-4-6-18(16)21-19(25)15-23-11-9-22(10-12-23)13-14-24-8-7-20-17(24)2/h3-8H,9-15H2,1-2H3,(H,21,25). The number of anilines is 1. The summed E-state index contributed by atoms with van der Waals surface area (Å²) in [6, 6.07) is 7.89. The molecule has 0 unspecified atom stereocenters.